The molecule has 4 N–H and O–H groups in total. The highest BCUT2D eigenvalue weighted by molar-refractivity contribution is 5.54. The van der Waals surface area contributed by atoms with Crippen molar-refractivity contribution >= 4 is 5.69 Å². The molecule has 0 unspecified atom stereocenters. The van der Waals surface area contributed by atoms with Crippen LogP contribution in [0.3, 0.4) is 0 Å². The zero-order valence-corrected chi connectivity index (χ0v) is 10.3. The van der Waals surface area contributed by atoms with Crippen LogP contribution in [0.1, 0.15) is 11.1 Å². The maximum absolute atomic E-state index is 5.89. The predicted molar refractivity (Wildman–Crippen MR) is 74.4 cm³/mol. The molecule has 94 valence electrons. The van der Waals surface area contributed by atoms with Crippen LogP contribution < -0.4 is 16.2 Å². The minimum absolute atomic E-state index is 0.525. The molecule has 0 atom stereocenters. The van der Waals surface area contributed by atoms with Gasteiger partial charge in [-0.3, -0.25) is 0 Å². The van der Waals surface area contributed by atoms with E-state index in [1.165, 1.54) is 0 Å². The van der Waals surface area contributed by atoms with Crippen LogP contribution in [0.2, 0.25) is 0 Å². The van der Waals surface area contributed by atoms with Gasteiger partial charge in [-0.1, -0.05) is 36.4 Å². The molecule has 0 radical (unpaired) electrons. The number of hydrogen-bond acceptors (Lipinski definition) is 3. The molecule has 0 saturated carbocycles. The van der Waals surface area contributed by atoms with E-state index < -0.39 is 0 Å². The van der Waals surface area contributed by atoms with Crippen molar-refractivity contribution in [1.82, 2.24) is 0 Å². The van der Waals surface area contributed by atoms with Crippen molar-refractivity contribution < 1.29 is 4.74 Å². The largest absolute Gasteiger partial charge is 0.487 e. The summed E-state index contributed by atoms with van der Waals surface area (Å²) in [5, 5.41) is 0. The van der Waals surface area contributed by atoms with Gasteiger partial charge in [-0.05, 0) is 36.2 Å². The Labute approximate surface area is 107 Å². The molecule has 0 bridgehead atoms. The third-order valence-corrected chi connectivity index (χ3v) is 2.75. The van der Waals surface area contributed by atoms with Gasteiger partial charge in [-0.25, -0.2) is 0 Å². The Bertz CT molecular complexity index is 497. The molecule has 0 amide bonds. The van der Waals surface area contributed by atoms with Gasteiger partial charge in [0.15, 0.2) is 0 Å². The van der Waals surface area contributed by atoms with Gasteiger partial charge in [-0.2, -0.15) is 0 Å². The van der Waals surface area contributed by atoms with Gasteiger partial charge in [0.1, 0.15) is 12.4 Å². The second kappa shape index (κ2) is 6.07. The molecule has 3 heteroatoms. The van der Waals surface area contributed by atoms with Gasteiger partial charge in [0, 0.05) is 0 Å². The van der Waals surface area contributed by atoms with Gasteiger partial charge in [0.2, 0.25) is 0 Å². The number of ether oxygens (including phenoxy) is 1. The fourth-order valence-corrected chi connectivity index (χ4v) is 1.76. The van der Waals surface area contributed by atoms with Crippen molar-refractivity contribution in [3.8, 4) is 5.75 Å². The summed E-state index contributed by atoms with van der Waals surface area (Å²) in [7, 11) is 0. The summed E-state index contributed by atoms with van der Waals surface area (Å²) >= 11 is 0. The molecule has 0 aliphatic carbocycles. The molecule has 0 aliphatic heterocycles. The second-order valence-electron chi connectivity index (χ2n) is 4.19. The predicted octanol–water partition coefficient (Wildman–Crippen LogP) is 2.35. The van der Waals surface area contributed by atoms with E-state index >= 15 is 0 Å². The van der Waals surface area contributed by atoms with Gasteiger partial charge < -0.3 is 16.2 Å². The minimum Gasteiger partial charge on any atom is -0.487 e. The third kappa shape index (κ3) is 3.25. The van der Waals surface area contributed by atoms with Crippen molar-refractivity contribution in [2.75, 3.05) is 12.3 Å². The first-order valence-corrected chi connectivity index (χ1v) is 6.05. The zero-order chi connectivity index (χ0) is 12.8. The summed E-state index contributed by atoms with van der Waals surface area (Å²) in [4.78, 5) is 0. The van der Waals surface area contributed by atoms with Crippen LogP contribution in [0.15, 0.2) is 48.5 Å². The van der Waals surface area contributed by atoms with E-state index in [9.17, 15) is 0 Å². The second-order valence-corrected chi connectivity index (χ2v) is 4.19. The molecule has 0 heterocycles. The average Bonchev–Trinajstić information content (AvgIpc) is 2.41. The first-order chi connectivity index (χ1) is 8.79. The smallest absolute Gasteiger partial charge is 0.142 e. The number of nitrogens with two attached hydrogens (primary N) is 2. The molecule has 18 heavy (non-hydrogen) atoms. The lowest BCUT2D eigenvalue weighted by molar-refractivity contribution is 0.307. The first-order valence-electron chi connectivity index (χ1n) is 6.05. The van der Waals surface area contributed by atoms with Crippen molar-refractivity contribution in [1.29, 1.82) is 0 Å². The maximum atomic E-state index is 5.89. The number of hydrogen-bond donors (Lipinski definition) is 2. The summed E-state index contributed by atoms with van der Waals surface area (Å²) in [5.41, 5.74) is 14.4. The number of benzene rings is 2. The van der Waals surface area contributed by atoms with E-state index in [0.717, 1.165) is 23.3 Å². The molecule has 2 aromatic carbocycles. The van der Waals surface area contributed by atoms with E-state index in [1.54, 1.807) is 0 Å². The monoisotopic (exact) mass is 242 g/mol. The summed E-state index contributed by atoms with van der Waals surface area (Å²) < 4.78 is 5.74. The number of nitrogen functional groups attached to an aromatic ring is 1. The van der Waals surface area contributed by atoms with Crippen molar-refractivity contribution in [2.24, 2.45) is 5.73 Å². The van der Waals surface area contributed by atoms with E-state index in [-0.39, 0.29) is 0 Å². The summed E-state index contributed by atoms with van der Waals surface area (Å²) in [6.45, 7) is 1.15. The number of rotatable bonds is 5. The number of anilines is 1. The highest BCUT2D eigenvalue weighted by atomic mass is 16.5. The van der Waals surface area contributed by atoms with E-state index in [1.807, 2.05) is 48.5 Å². The molecule has 3 nitrogen and oxygen atoms in total. The highest BCUT2D eigenvalue weighted by Gasteiger charge is 2.02. The lowest BCUT2D eigenvalue weighted by atomic mass is 10.1. The van der Waals surface area contributed by atoms with Gasteiger partial charge in [0.05, 0.1) is 5.69 Å². The van der Waals surface area contributed by atoms with E-state index in [0.29, 0.717) is 18.8 Å². The van der Waals surface area contributed by atoms with Crippen LogP contribution in [-0.2, 0) is 13.0 Å². The zero-order valence-electron chi connectivity index (χ0n) is 10.3. The van der Waals surface area contributed by atoms with E-state index in [2.05, 4.69) is 0 Å². The van der Waals surface area contributed by atoms with Crippen LogP contribution in [0.5, 0.6) is 5.75 Å². The van der Waals surface area contributed by atoms with Crippen LogP contribution in [0.25, 0.3) is 0 Å². The fraction of sp³-hybridized carbons (Fsp3) is 0.200. The average molecular weight is 242 g/mol. The SMILES string of the molecule is NCCc1ccc(N)c(OCc2ccccc2)c1. The summed E-state index contributed by atoms with van der Waals surface area (Å²) in [5.74, 6) is 0.727. The Morgan fingerprint density at radius 3 is 2.44 bits per heavy atom. The Morgan fingerprint density at radius 2 is 1.72 bits per heavy atom. The van der Waals surface area contributed by atoms with Crippen molar-refractivity contribution in [3.63, 3.8) is 0 Å². The Hall–Kier alpha value is -2.00. The quantitative estimate of drug-likeness (QED) is 0.791. The van der Waals surface area contributed by atoms with E-state index in [4.69, 9.17) is 16.2 Å². The summed E-state index contributed by atoms with van der Waals surface area (Å²) in [6.07, 6.45) is 0.835. The van der Waals surface area contributed by atoms with Crippen LogP contribution in [-0.4, -0.2) is 6.54 Å². The Morgan fingerprint density at radius 1 is 0.944 bits per heavy atom. The molecule has 0 spiro atoms. The first kappa shape index (κ1) is 12.5. The third-order valence-electron chi connectivity index (χ3n) is 2.75. The Kier molecular flexibility index (Phi) is 4.20. The van der Waals surface area contributed by atoms with Crippen LogP contribution in [0.4, 0.5) is 5.69 Å². The molecule has 0 saturated heterocycles. The molecule has 0 aliphatic rings. The molecule has 2 rings (SSSR count). The van der Waals surface area contributed by atoms with Crippen molar-refractivity contribution in [2.45, 2.75) is 13.0 Å². The lowest BCUT2D eigenvalue weighted by Gasteiger charge is -2.10. The fourth-order valence-electron chi connectivity index (χ4n) is 1.76. The topological polar surface area (TPSA) is 61.3 Å². The van der Waals surface area contributed by atoms with Gasteiger partial charge >= 0.3 is 0 Å². The standard InChI is InChI=1S/C15H18N2O/c16-9-8-12-6-7-14(17)15(10-12)18-11-13-4-2-1-3-5-13/h1-7,10H,8-9,11,16-17H2. The Balaban J connectivity index is 2.06. The lowest BCUT2D eigenvalue weighted by Crippen LogP contribution is -2.04. The van der Waals surface area contributed by atoms with Crippen LogP contribution >= 0.6 is 0 Å². The molecule has 0 fully saturated rings. The molecular weight excluding hydrogens is 224 g/mol. The van der Waals surface area contributed by atoms with Crippen LogP contribution in [0, 0.1) is 0 Å². The molecule has 0 aromatic heterocycles. The van der Waals surface area contributed by atoms with Crippen molar-refractivity contribution in [3.05, 3.63) is 59.7 Å². The molecule has 2 aromatic rings. The molecular formula is C15H18N2O. The normalized spacial score (nSPS) is 10.3. The highest BCUT2D eigenvalue weighted by Crippen LogP contribution is 2.24. The van der Waals surface area contributed by atoms with Gasteiger partial charge in [0.25, 0.3) is 0 Å². The maximum Gasteiger partial charge on any atom is 0.142 e. The van der Waals surface area contributed by atoms with Gasteiger partial charge in [-0.15, -0.1) is 0 Å². The minimum atomic E-state index is 0.525. The summed E-state index contributed by atoms with van der Waals surface area (Å²) in [6, 6.07) is 15.8.